The Morgan fingerprint density at radius 2 is 2.15 bits per heavy atom. The van der Waals surface area contributed by atoms with Crippen LogP contribution in [0.3, 0.4) is 0 Å². The van der Waals surface area contributed by atoms with Crippen molar-refractivity contribution >= 4 is 17.5 Å². The van der Waals surface area contributed by atoms with Crippen LogP contribution in [0.5, 0.6) is 5.75 Å². The zero-order valence-corrected chi connectivity index (χ0v) is 12.4. The summed E-state index contributed by atoms with van der Waals surface area (Å²) in [6, 6.07) is 5.23. The Balaban J connectivity index is 2.28. The predicted molar refractivity (Wildman–Crippen MR) is 78.4 cm³/mol. The van der Waals surface area contributed by atoms with Crippen LogP contribution in [0.1, 0.15) is 36.0 Å². The zero-order valence-electron chi connectivity index (χ0n) is 11.6. The first-order valence-corrected chi connectivity index (χ1v) is 7.30. The Kier molecular flexibility index (Phi) is 5.26. The standard InChI is InChI=1S/C15H20ClNO3/c1-20-14-7-6-11(16)10-13(14)15(19)17(8-9-18)12-4-2-3-5-12/h6-7,10,12,18H,2-5,8-9H2,1H3. The summed E-state index contributed by atoms with van der Waals surface area (Å²) in [6.45, 7) is 0.310. The van der Waals surface area contributed by atoms with E-state index in [-0.39, 0.29) is 18.6 Å². The lowest BCUT2D eigenvalue weighted by Crippen LogP contribution is -2.40. The molecule has 1 aromatic carbocycles. The first-order valence-electron chi connectivity index (χ1n) is 6.92. The van der Waals surface area contributed by atoms with E-state index in [0.29, 0.717) is 22.9 Å². The highest BCUT2D eigenvalue weighted by molar-refractivity contribution is 6.31. The lowest BCUT2D eigenvalue weighted by molar-refractivity contribution is 0.0634. The van der Waals surface area contributed by atoms with Crippen molar-refractivity contribution in [3.8, 4) is 5.75 Å². The number of hydrogen-bond acceptors (Lipinski definition) is 3. The molecule has 0 saturated heterocycles. The molecular weight excluding hydrogens is 278 g/mol. The van der Waals surface area contributed by atoms with Gasteiger partial charge in [-0.25, -0.2) is 0 Å². The molecule has 1 aliphatic carbocycles. The van der Waals surface area contributed by atoms with Crippen LogP contribution in [0.25, 0.3) is 0 Å². The van der Waals surface area contributed by atoms with Crippen LogP contribution in [-0.2, 0) is 0 Å². The maximum absolute atomic E-state index is 12.7. The van der Waals surface area contributed by atoms with E-state index in [1.54, 1.807) is 23.1 Å². The van der Waals surface area contributed by atoms with E-state index in [0.717, 1.165) is 25.7 Å². The van der Waals surface area contributed by atoms with Gasteiger partial charge in [0.2, 0.25) is 0 Å². The molecule has 0 radical (unpaired) electrons. The van der Waals surface area contributed by atoms with Crippen LogP contribution >= 0.6 is 11.6 Å². The van der Waals surface area contributed by atoms with Gasteiger partial charge in [-0.1, -0.05) is 24.4 Å². The third-order valence-corrected chi connectivity index (χ3v) is 3.99. The molecule has 0 heterocycles. The van der Waals surface area contributed by atoms with Gasteiger partial charge in [-0.15, -0.1) is 0 Å². The Hall–Kier alpha value is -1.26. The summed E-state index contributed by atoms with van der Waals surface area (Å²) in [6.07, 6.45) is 4.25. The fourth-order valence-corrected chi connectivity index (χ4v) is 2.95. The maximum atomic E-state index is 12.7. The largest absolute Gasteiger partial charge is 0.496 e. The van der Waals surface area contributed by atoms with Gasteiger partial charge in [0, 0.05) is 17.6 Å². The minimum absolute atomic E-state index is 0.0366. The summed E-state index contributed by atoms with van der Waals surface area (Å²) >= 11 is 5.98. The third kappa shape index (κ3) is 3.25. The summed E-state index contributed by atoms with van der Waals surface area (Å²) in [5.41, 5.74) is 0.459. The second kappa shape index (κ2) is 6.95. The van der Waals surface area contributed by atoms with Crippen molar-refractivity contribution < 1.29 is 14.6 Å². The SMILES string of the molecule is COc1ccc(Cl)cc1C(=O)N(CCO)C1CCCC1. The number of halogens is 1. The van der Waals surface area contributed by atoms with Crippen LogP contribution in [0.4, 0.5) is 0 Å². The van der Waals surface area contributed by atoms with Gasteiger partial charge in [-0.05, 0) is 31.0 Å². The topological polar surface area (TPSA) is 49.8 Å². The average molecular weight is 298 g/mol. The highest BCUT2D eigenvalue weighted by atomic mass is 35.5. The van der Waals surface area contributed by atoms with Crippen molar-refractivity contribution in [1.82, 2.24) is 4.90 Å². The number of hydrogen-bond donors (Lipinski definition) is 1. The smallest absolute Gasteiger partial charge is 0.258 e. The van der Waals surface area contributed by atoms with E-state index in [1.165, 1.54) is 7.11 Å². The Labute approximate surface area is 124 Å². The molecule has 0 aliphatic heterocycles. The molecule has 5 heteroatoms. The number of aliphatic hydroxyl groups is 1. The molecule has 0 aromatic heterocycles. The molecule has 20 heavy (non-hydrogen) atoms. The number of methoxy groups -OCH3 is 1. The first kappa shape index (κ1) is 15.1. The molecule has 1 aromatic rings. The molecule has 2 rings (SSSR count). The molecule has 1 N–H and O–H groups in total. The Morgan fingerprint density at radius 1 is 1.45 bits per heavy atom. The summed E-state index contributed by atoms with van der Waals surface area (Å²) < 4.78 is 5.24. The summed E-state index contributed by atoms with van der Waals surface area (Å²) in [5, 5.41) is 9.73. The molecule has 4 nitrogen and oxygen atoms in total. The van der Waals surface area contributed by atoms with Crippen molar-refractivity contribution in [3.05, 3.63) is 28.8 Å². The van der Waals surface area contributed by atoms with Crippen LogP contribution in [0, 0.1) is 0 Å². The third-order valence-electron chi connectivity index (χ3n) is 3.76. The van der Waals surface area contributed by atoms with E-state index in [4.69, 9.17) is 16.3 Å². The Morgan fingerprint density at radius 3 is 2.75 bits per heavy atom. The molecule has 0 bridgehead atoms. The van der Waals surface area contributed by atoms with Gasteiger partial charge in [0.05, 0.1) is 19.3 Å². The molecule has 1 amide bonds. The molecule has 1 saturated carbocycles. The quantitative estimate of drug-likeness (QED) is 0.909. The second-order valence-electron chi connectivity index (χ2n) is 5.01. The molecule has 110 valence electrons. The van der Waals surface area contributed by atoms with Crippen molar-refractivity contribution in [2.75, 3.05) is 20.3 Å². The van der Waals surface area contributed by atoms with Gasteiger partial charge in [-0.2, -0.15) is 0 Å². The predicted octanol–water partition coefficient (Wildman–Crippen LogP) is 2.73. The molecular formula is C15H20ClNO3. The molecule has 0 atom stereocenters. The van der Waals surface area contributed by atoms with Crippen molar-refractivity contribution in [1.29, 1.82) is 0 Å². The second-order valence-corrected chi connectivity index (χ2v) is 5.44. The summed E-state index contributed by atoms with van der Waals surface area (Å²) in [4.78, 5) is 14.5. The monoisotopic (exact) mass is 297 g/mol. The molecule has 1 fully saturated rings. The summed E-state index contributed by atoms with van der Waals surface area (Å²) in [7, 11) is 1.53. The maximum Gasteiger partial charge on any atom is 0.258 e. The van der Waals surface area contributed by atoms with Gasteiger partial charge in [0.1, 0.15) is 5.75 Å². The van der Waals surface area contributed by atoms with E-state index in [2.05, 4.69) is 0 Å². The first-order chi connectivity index (χ1) is 9.67. The molecule has 0 unspecified atom stereocenters. The zero-order chi connectivity index (χ0) is 14.5. The highest BCUT2D eigenvalue weighted by Crippen LogP contribution is 2.28. The van der Waals surface area contributed by atoms with E-state index < -0.39 is 0 Å². The highest BCUT2D eigenvalue weighted by Gasteiger charge is 2.28. The minimum atomic E-state index is -0.120. The number of carbonyl (C=O) groups excluding carboxylic acids is 1. The van der Waals surface area contributed by atoms with Crippen LogP contribution in [0.15, 0.2) is 18.2 Å². The normalized spacial score (nSPS) is 15.3. The number of rotatable bonds is 5. The lowest BCUT2D eigenvalue weighted by atomic mass is 10.1. The van der Waals surface area contributed by atoms with Crippen LogP contribution < -0.4 is 4.74 Å². The number of ether oxygens (including phenoxy) is 1. The average Bonchev–Trinajstić information content (AvgIpc) is 2.98. The van der Waals surface area contributed by atoms with E-state index in [1.807, 2.05) is 0 Å². The Bertz CT molecular complexity index is 472. The fraction of sp³-hybridized carbons (Fsp3) is 0.533. The number of amides is 1. The molecule has 1 aliphatic rings. The molecule has 0 spiro atoms. The van der Waals surface area contributed by atoms with Gasteiger partial charge >= 0.3 is 0 Å². The van der Waals surface area contributed by atoms with Crippen molar-refractivity contribution in [2.24, 2.45) is 0 Å². The minimum Gasteiger partial charge on any atom is -0.496 e. The van der Waals surface area contributed by atoms with Crippen molar-refractivity contribution in [2.45, 2.75) is 31.7 Å². The van der Waals surface area contributed by atoms with E-state index >= 15 is 0 Å². The van der Waals surface area contributed by atoms with Gasteiger partial charge in [0.15, 0.2) is 0 Å². The number of nitrogens with zero attached hydrogens (tertiary/aromatic N) is 1. The summed E-state index contributed by atoms with van der Waals surface area (Å²) in [5.74, 6) is 0.394. The van der Waals surface area contributed by atoms with Gasteiger partial charge in [0.25, 0.3) is 5.91 Å². The van der Waals surface area contributed by atoms with Gasteiger partial charge in [-0.3, -0.25) is 4.79 Å². The van der Waals surface area contributed by atoms with Crippen molar-refractivity contribution in [3.63, 3.8) is 0 Å². The van der Waals surface area contributed by atoms with Gasteiger partial charge < -0.3 is 14.7 Å². The number of carbonyl (C=O) groups is 1. The lowest BCUT2D eigenvalue weighted by Gasteiger charge is -2.29. The number of benzene rings is 1. The number of aliphatic hydroxyl groups excluding tert-OH is 1. The van der Waals surface area contributed by atoms with Crippen LogP contribution in [0.2, 0.25) is 5.02 Å². The fourth-order valence-electron chi connectivity index (χ4n) is 2.78. The van der Waals surface area contributed by atoms with E-state index in [9.17, 15) is 9.90 Å². The van der Waals surface area contributed by atoms with Crippen LogP contribution in [-0.4, -0.2) is 42.2 Å².